The summed E-state index contributed by atoms with van der Waals surface area (Å²) in [5.41, 5.74) is 1.08. The second-order valence-corrected chi connectivity index (χ2v) is 6.97. The number of rotatable bonds is 7. The van der Waals surface area contributed by atoms with E-state index in [1.165, 1.54) is 9.78 Å². The van der Waals surface area contributed by atoms with Crippen LogP contribution in [-0.4, -0.2) is 48.9 Å². The van der Waals surface area contributed by atoms with Crippen molar-refractivity contribution in [2.75, 3.05) is 27.2 Å². The number of likely N-dealkylation sites (N-methyl/N-ethyl adjacent to an activating group) is 1. The van der Waals surface area contributed by atoms with Crippen LogP contribution in [0.15, 0.2) is 40.8 Å². The maximum Gasteiger partial charge on any atom is 0.243 e. The van der Waals surface area contributed by atoms with E-state index in [0.29, 0.717) is 24.2 Å². The van der Waals surface area contributed by atoms with Gasteiger partial charge in [-0.1, -0.05) is 23.7 Å². The van der Waals surface area contributed by atoms with Crippen LogP contribution < -0.4 is 10.6 Å². The molecule has 25 heavy (non-hydrogen) atoms. The van der Waals surface area contributed by atoms with E-state index in [4.69, 9.17) is 11.6 Å². The number of halogens is 1. The first kappa shape index (κ1) is 19.2. The lowest BCUT2D eigenvalue weighted by Gasteiger charge is -2.13. The Labute approximate surface area is 156 Å². The number of carbonyl (C=O) groups excluding carboxylic acids is 1. The fraction of sp³-hybridized carbons (Fsp3) is 0.353. The lowest BCUT2D eigenvalue weighted by Crippen LogP contribution is -2.39. The van der Waals surface area contributed by atoms with Gasteiger partial charge in [-0.25, -0.2) is 9.98 Å². The van der Waals surface area contributed by atoms with E-state index in [1.807, 2.05) is 17.5 Å². The van der Waals surface area contributed by atoms with Gasteiger partial charge in [-0.15, -0.1) is 11.3 Å². The van der Waals surface area contributed by atoms with E-state index in [2.05, 4.69) is 26.7 Å². The van der Waals surface area contributed by atoms with Gasteiger partial charge in [0.2, 0.25) is 5.91 Å². The maximum absolute atomic E-state index is 11.8. The molecule has 2 N–H and O–H groups in total. The third kappa shape index (κ3) is 7.11. The third-order valence-corrected chi connectivity index (χ3v) is 4.48. The van der Waals surface area contributed by atoms with E-state index in [1.54, 1.807) is 37.7 Å². The van der Waals surface area contributed by atoms with Crippen LogP contribution in [0.2, 0.25) is 5.15 Å². The van der Waals surface area contributed by atoms with Crippen LogP contribution in [0, 0.1) is 0 Å². The van der Waals surface area contributed by atoms with Gasteiger partial charge in [0, 0.05) is 31.7 Å². The number of nitrogens with one attached hydrogen (secondary N) is 2. The van der Waals surface area contributed by atoms with Gasteiger partial charge < -0.3 is 15.5 Å². The zero-order valence-corrected chi connectivity index (χ0v) is 15.9. The highest BCUT2D eigenvalue weighted by Gasteiger charge is 2.05. The summed E-state index contributed by atoms with van der Waals surface area (Å²) >= 11 is 7.47. The van der Waals surface area contributed by atoms with Crippen molar-refractivity contribution >= 4 is 34.8 Å². The second kappa shape index (κ2) is 10.0. The predicted molar refractivity (Wildman–Crippen MR) is 103 cm³/mol. The van der Waals surface area contributed by atoms with Crippen LogP contribution in [0.1, 0.15) is 10.4 Å². The van der Waals surface area contributed by atoms with Gasteiger partial charge in [0.25, 0.3) is 0 Å². The van der Waals surface area contributed by atoms with Crippen LogP contribution >= 0.6 is 22.9 Å². The summed E-state index contributed by atoms with van der Waals surface area (Å²) in [5.74, 6) is 0.574. The average Bonchev–Trinajstić information content (AvgIpc) is 3.11. The summed E-state index contributed by atoms with van der Waals surface area (Å²) in [7, 11) is 3.44. The predicted octanol–water partition coefficient (Wildman–Crippen LogP) is 2.16. The van der Waals surface area contributed by atoms with Crippen LogP contribution in [0.25, 0.3) is 0 Å². The minimum Gasteiger partial charge on any atom is -0.356 e. The van der Waals surface area contributed by atoms with Crippen molar-refractivity contribution in [2.45, 2.75) is 13.0 Å². The Morgan fingerprint density at radius 2 is 2.16 bits per heavy atom. The van der Waals surface area contributed by atoms with Gasteiger partial charge in [0.15, 0.2) is 5.96 Å². The molecule has 0 aliphatic heterocycles. The molecule has 8 heteroatoms. The first-order chi connectivity index (χ1) is 12.0. The number of hydrogen-bond acceptors (Lipinski definition) is 4. The summed E-state index contributed by atoms with van der Waals surface area (Å²) in [6.07, 6.45) is 2.54. The van der Waals surface area contributed by atoms with E-state index in [9.17, 15) is 4.79 Å². The Balaban J connectivity index is 1.89. The van der Waals surface area contributed by atoms with Crippen LogP contribution in [0.4, 0.5) is 0 Å². The molecule has 2 heterocycles. The molecule has 2 aromatic rings. The number of guanidine groups is 1. The molecular weight excluding hydrogens is 358 g/mol. The van der Waals surface area contributed by atoms with Crippen molar-refractivity contribution in [1.29, 1.82) is 0 Å². The Morgan fingerprint density at radius 3 is 2.80 bits per heavy atom. The highest BCUT2D eigenvalue weighted by atomic mass is 35.5. The summed E-state index contributed by atoms with van der Waals surface area (Å²) in [4.78, 5) is 22.9. The first-order valence-electron chi connectivity index (χ1n) is 7.90. The van der Waals surface area contributed by atoms with Crippen molar-refractivity contribution in [3.05, 3.63) is 51.4 Å². The van der Waals surface area contributed by atoms with Gasteiger partial charge in [-0.05, 0) is 29.5 Å². The second-order valence-electron chi connectivity index (χ2n) is 5.55. The van der Waals surface area contributed by atoms with Gasteiger partial charge in [0.05, 0.1) is 6.54 Å². The van der Waals surface area contributed by atoms with E-state index in [0.717, 1.165) is 12.0 Å². The largest absolute Gasteiger partial charge is 0.356 e. The summed E-state index contributed by atoms with van der Waals surface area (Å²) < 4.78 is 0. The third-order valence-electron chi connectivity index (χ3n) is 3.38. The van der Waals surface area contributed by atoms with Crippen molar-refractivity contribution in [3.8, 4) is 0 Å². The highest BCUT2D eigenvalue weighted by molar-refractivity contribution is 7.09. The number of pyridine rings is 1. The summed E-state index contributed by atoms with van der Waals surface area (Å²) in [6, 6.07) is 7.79. The van der Waals surface area contributed by atoms with Crippen LogP contribution in [-0.2, 0) is 17.8 Å². The Bertz CT molecular complexity index is 686. The van der Waals surface area contributed by atoms with E-state index >= 15 is 0 Å². The fourth-order valence-corrected chi connectivity index (χ4v) is 2.68. The zero-order valence-electron chi connectivity index (χ0n) is 14.3. The number of aliphatic imine (C=N–C) groups is 1. The number of thiophene rings is 1. The lowest BCUT2D eigenvalue weighted by atomic mass is 10.2. The quantitative estimate of drug-likeness (QED) is 0.439. The molecule has 0 bridgehead atoms. The van der Waals surface area contributed by atoms with Gasteiger partial charge in [0.1, 0.15) is 11.7 Å². The molecule has 0 saturated heterocycles. The number of hydrogen-bond donors (Lipinski definition) is 2. The zero-order chi connectivity index (χ0) is 18.1. The van der Waals surface area contributed by atoms with Crippen LogP contribution in [0.3, 0.4) is 0 Å². The molecule has 0 aliphatic carbocycles. The molecular formula is C17H22ClN5OS. The lowest BCUT2D eigenvalue weighted by molar-refractivity contribution is -0.127. The average molecular weight is 380 g/mol. The van der Waals surface area contributed by atoms with Gasteiger partial charge >= 0.3 is 0 Å². The number of carbonyl (C=O) groups is 1. The molecule has 0 radical (unpaired) electrons. The minimum absolute atomic E-state index is 0.0425. The maximum atomic E-state index is 11.8. The van der Waals surface area contributed by atoms with Crippen molar-refractivity contribution in [1.82, 2.24) is 20.5 Å². The topological polar surface area (TPSA) is 69.6 Å². The first-order valence-corrected chi connectivity index (χ1v) is 9.15. The Morgan fingerprint density at radius 1 is 1.32 bits per heavy atom. The molecule has 6 nitrogen and oxygen atoms in total. The standard InChI is InChI=1S/C17H22ClN5OS/c1-23(2)16(24)12-22-17(21-11-14-4-3-9-25-14)19-8-7-13-5-6-15(18)20-10-13/h3-6,9-10H,7-8,11-12H2,1-2H3,(H2,19,21,22). The monoisotopic (exact) mass is 379 g/mol. The molecule has 0 atom stereocenters. The van der Waals surface area contributed by atoms with Crippen molar-refractivity contribution in [3.63, 3.8) is 0 Å². The Hall–Kier alpha value is -2.12. The molecule has 2 rings (SSSR count). The number of nitrogens with zero attached hydrogens (tertiary/aromatic N) is 3. The SMILES string of the molecule is CN(C)C(=O)CN=C(NCCc1ccc(Cl)nc1)NCc1cccs1. The summed E-state index contributed by atoms with van der Waals surface area (Å²) in [5, 5.41) is 9.02. The van der Waals surface area contributed by atoms with Crippen LogP contribution in [0.5, 0.6) is 0 Å². The van der Waals surface area contributed by atoms with Gasteiger partial charge in [-0.2, -0.15) is 0 Å². The minimum atomic E-state index is -0.0425. The van der Waals surface area contributed by atoms with E-state index < -0.39 is 0 Å². The molecule has 0 aliphatic rings. The van der Waals surface area contributed by atoms with Gasteiger partial charge in [-0.3, -0.25) is 4.79 Å². The van der Waals surface area contributed by atoms with Crippen molar-refractivity contribution < 1.29 is 4.79 Å². The molecule has 0 aromatic carbocycles. The molecule has 134 valence electrons. The van der Waals surface area contributed by atoms with Crippen molar-refractivity contribution in [2.24, 2.45) is 4.99 Å². The molecule has 0 spiro atoms. The molecule has 2 aromatic heterocycles. The fourth-order valence-electron chi connectivity index (χ4n) is 1.93. The smallest absolute Gasteiger partial charge is 0.243 e. The Kier molecular flexibility index (Phi) is 7.69. The normalized spacial score (nSPS) is 11.2. The number of amides is 1. The highest BCUT2D eigenvalue weighted by Crippen LogP contribution is 2.07. The summed E-state index contributed by atoms with van der Waals surface area (Å²) in [6.45, 7) is 1.45. The van der Waals surface area contributed by atoms with E-state index in [-0.39, 0.29) is 12.5 Å². The number of aromatic nitrogens is 1. The molecule has 0 fully saturated rings. The molecule has 1 amide bonds. The molecule has 0 unspecified atom stereocenters. The molecule has 0 saturated carbocycles.